The lowest BCUT2D eigenvalue weighted by atomic mass is 9.73. The molecule has 3 rings (SSSR count). The molecule has 1 saturated carbocycles. The van der Waals surface area contributed by atoms with Gasteiger partial charge in [-0.2, -0.15) is 5.10 Å². The third-order valence-electron chi connectivity index (χ3n) is 3.35. The van der Waals surface area contributed by atoms with Crippen molar-refractivity contribution in [3.05, 3.63) is 42.5 Å². The molecule has 0 amide bonds. The molecule has 1 aliphatic carbocycles. The van der Waals surface area contributed by atoms with E-state index in [9.17, 15) is 0 Å². The molecule has 1 aromatic heterocycles. The molecule has 0 aliphatic heterocycles. The predicted molar refractivity (Wildman–Crippen MR) is 61.1 cm³/mol. The Hall–Kier alpha value is -1.68. The summed E-state index contributed by atoms with van der Waals surface area (Å²) in [5, 5.41) is 4.12. The van der Waals surface area contributed by atoms with Crippen molar-refractivity contribution in [1.82, 2.24) is 14.8 Å². The topological polar surface area (TPSA) is 56.7 Å². The van der Waals surface area contributed by atoms with Gasteiger partial charge in [0, 0.05) is 5.54 Å². The summed E-state index contributed by atoms with van der Waals surface area (Å²) in [5.74, 6) is 0. The number of aromatic nitrogens is 3. The van der Waals surface area contributed by atoms with Gasteiger partial charge in [0.1, 0.15) is 12.7 Å². The molecule has 1 aromatic carbocycles. The maximum Gasteiger partial charge on any atom is 0.138 e. The Labute approximate surface area is 94.1 Å². The molecular weight excluding hydrogens is 200 g/mol. The van der Waals surface area contributed by atoms with Gasteiger partial charge in [0.15, 0.2) is 0 Å². The van der Waals surface area contributed by atoms with Crippen LogP contribution in [0.15, 0.2) is 36.9 Å². The number of nitrogens with two attached hydrogens (primary N) is 1. The number of benzene rings is 1. The highest BCUT2D eigenvalue weighted by atomic mass is 15.3. The Bertz CT molecular complexity index is 485. The average molecular weight is 214 g/mol. The fourth-order valence-electron chi connectivity index (χ4n) is 2.15. The van der Waals surface area contributed by atoms with E-state index in [1.807, 2.05) is 12.1 Å². The van der Waals surface area contributed by atoms with Gasteiger partial charge in [-0.1, -0.05) is 12.1 Å². The zero-order valence-corrected chi connectivity index (χ0v) is 9.00. The summed E-state index contributed by atoms with van der Waals surface area (Å²) in [6, 6.07) is 8.24. The molecule has 4 nitrogen and oxygen atoms in total. The van der Waals surface area contributed by atoms with Crippen LogP contribution in [0, 0.1) is 0 Å². The summed E-state index contributed by atoms with van der Waals surface area (Å²) in [7, 11) is 0. The maximum absolute atomic E-state index is 6.30. The van der Waals surface area contributed by atoms with Gasteiger partial charge < -0.3 is 5.73 Å². The largest absolute Gasteiger partial charge is 0.321 e. The first kappa shape index (κ1) is 9.54. The van der Waals surface area contributed by atoms with E-state index in [0.29, 0.717) is 0 Å². The van der Waals surface area contributed by atoms with E-state index in [1.54, 1.807) is 11.0 Å². The summed E-state index contributed by atoms with van der Waals surface area (Å²) in [6.45, 7) is 0. The van der Waals surface area contributed by atoms with E-state index < -0.39 is 0 Å². The Morgan fingerprint density at radius 2 is 2.19 bits per heavy atom. The second kappa shape index (κ2) is 3.42. The molecule has 1 heterocycles. The van der Waals surface area contributed by atoms with Crippen molar-refractivity contribution in [2.24, 2.45) is 5.73 Å². The van der Waals surface area contributed by atoms with Crippen LogP contribution in [0.4, 0.5) is 0 Å². The lowest BCUT2D eigenvalue weighted by Crippen LogP contribution is -2.43. The van der Waals surface area contributed by atoms with Gasteiger partial charge in [-0.3, -0.25) is 0 Å². The van der Waals surface area contributed by atoms with Gasteiger partial charge in [0.2, 0.25) is 0 Å². The molecule has 0 spiro atoms. The molecule has 0 unspecified atom stereocenters. The van der Waals surface area contributed by atoms with Gasteiger partial charge in [0.25, 0.3) is 0 Å². The maximum atomic E-state index is 6.30. The van der Waals surface area contributed by atoms with Crippen molar-refractivity contribution in [3.63, 3.8) is 0 Å². The Kier molecular flexibility index (Phi) is 2.04. The van der Waals surface area contributed by atoms with Crippen molar-refractivity contribution in [1.29, 1.82) is 0 Å². The standard InChI is InChI=1S/C12H14N4/c13-12(5-2-6-12)10-3-1-4-11(7-10)16-9-14-8-15-16/h1,3-4,7-9H,2,5-6,13H2. The van der Waals surface area contributed by atoms with Crippen molar-refractivity contribution >= 4 is 0 Å². The monoisotopic (exact) mass is 214 g/mol. The van der Waals surface area contributed by atoms with Gasteiger partial charge >= 0.3 is 0 Å². The normalized spacial score (nSPS) is 18.1. The first-order valence-electron chi connectivity index (χ1n) is 5.52. The highest BCUT2D eigenvalue weighted by molar-refractivity contribution is 5.38. The zero-order chi connectivity index (χ0) is 11.0. The SMILES string of the molecule is NC1(c2cccc(-n3cncn3)c2)CCC1. The minimum atomic E-state index is -0.114. The quantitative estimate of drug-likeness (QED) is 0.826. The van der Waals surface area contributed by atoms with Crippen LogP contribution in [0.25, 0.3) is 5.69 Å². The molecule has 4 heteroatoms. The second-order valence-electron chi connectivity index (χ2n) is 4.40. The molecule has 0 atom stereocenters. The lowest BCUT2D eigenvalue weighted by Gasteiger charge is -2.38. The third kappa shape index (κ3) is 1.42. The van der Waals surface area contributed by atoms with Crippen molar-refractivity contribution < 1.29 is 0 Å². The van der Waals surface area contributed by atoms with E-state index in [1.165, 1.54) is 18.3 Å². The Balaban J connectivity index is 2.00. The summed E-state index contributed by atoms with van der Waals surface area (Å²) >= 11 is 0. The molecule has 0 bridgehead atoms. The first-order valence-corrected chi connectivity index (χ1v) is 5.52. The first-order chi connectivity index (χ1) is 7.78. The molecule has 16 heavy (non-hydrogen) atoms. The zero-order valence-electron chi connectivity index (χ0n) is 9.00. The van der Waals surface area contributed by atoms with Crippen LogP contribution < -0.4 is 5.73 Å². The summed E-state index contributed by atoms with van der Waals surface area (Å²) in [4.78, 5) is 3.95. The van der Waals surface area contributed by atoms with Gasteiger partial charge in [-0.15, -0.1) is 0 Å². The average Bonchev–Trinajstić information content (AvgIpc) is 2.79. The number of rotatable bonds is 2. The van der Waals surface area contributed by atoms with Gasteiger partial charge in [0.05, 0.1) is 5.69 Å². The molecule has 1 aliphatic rings. The summed E-state index contributed by atoms with van der Waals surface area (Å²) in [5.41, 5.74) is 8.41. The molecule has 2 aromatic rings. The van der Waals surface area contributed by atoms with Crippen LogP contribution in [0.3, 0.4) is 0 Å². The minimum Gasteiger partial charge on any atom is -0.321 e. The smallest absolute Gasteiger partial charge is 0.138 e. The molecule has 0 radical (unpaired) electrons. The van der Waals surface area contributed by atoms with Crippen LogP contribution in [0.1, 0.15) is 24.8 Å². The van der Waals surface area contributed by atoms with Crippen LogP contribution >= 0.6 is 0 Å². The van der Waals surface area contributed by atoms with E-state index in [-0.39, 0.29) is 5.54 Å². The highest BCUT2D eigenvalue weighted by Crippen LogP contribution is 2.38. The molecule has 0 saturated heterocycles. The van der Waals surface area contributed by atoms with E-state index in [4.69, 9.17) is 5.73 Å². The van der Waals surface area contributed by atoms with E-state index in [2.05, 4.69) is 22.2 Å². The van der Waals surface area contributed by atoms with Gasteiger partial charge in [-0.25, -0.2) is 9.67 Å². The molecular formula is C12H14N4. The number of hydrogen-bond acceptors (Lipinski definition) is 3. The van der Waals surface area contributed by atoms with Crippen molar-refractivity contribution in [2.45, 2.75) is 24.8 Å². The van der Waals surface area contributed by atoms with Crippen LogP contribution in [0.5, 0.6) is 0 Å². The Morgan fingerprint density at radius 1 is 1.31 bits per heavy atom. The fraction of sp³-hybridized carbons (Fsp3) is 0.333. The fourth-order valence-corrected chi connectivity index (χ4v) is 2.15. The van der Waals surface area contributed by atoms with Crippen molar-refractivity contribution in [3.8, 4) is 5.69 Å². The molecule has 1 fully saturated rings. The lowest BCUT2D eigenvalue weighted by molar-refractivity contribution is 0.253. The Morgan fingerprint density at radius 3 is 2.81 bits per heavy atom. The van der Waals surface area contributed by atoms with Gasteiger partial charge in [-0.05, 0) is 37.0 Å². The van der Waals surface area contributed by atoms with Crippen LogP contribution in [-0.2, 0) is 5.54 Å². The van der Waals surface area contributed by atoms with Crippen LogP contribution in [-0.4, -0.2) is 14.8 Å². The molecule has 82 valence electrons. The van der Waals surface area contributed by atoms with Crippen molar-refractivity contribution in [2.75, 3.05) is 0 Å². The number of nitrogens with zero attached hydrogens (tertiary/aromatic N) is 3. The number of hydrogen-bond donors (Lipinski definition) is 1. The minimum absolute atomic E-state index is 0.114. The van der Waals surface area contributed by atoms with Crippen LogP contribution in [0.2, 0.25) is 0 Å². The second-order valence-corrected chi connectivity index (χ2v) is 4.40. The third-order valence-corrected chi connectivity index (χ3v) is 3.35. The summed E-state index contributed by atoms with van der Waals surface area (Å²) < 4.78 is 1.76. The van der Waals surface area contributed by atoms with E-state index in [0.717, 1.165) is 18.5 Å². The predicted octanol–water partition coefficient (Wildman–Crippen LogP) is 1.61. The van der Waals surface area contributed by atoms with E-state index >= 15 is 0 Å². The summed E-state index contributed by atoms with van der Waals surface area (Å²) in [6.07, 6.45) is 6.61. The highest BCUT2D eigenvalue weighted by Gasteiger charge is 2.34. The molecule has 2 N–H and O–H groups in total.